The summed E-state index contributed by atoms with van der Waals surface area (Å²) in [4.78, 5) is 40.0. The molecular weight excluding hydrogens is 506 g/mol. The van der Waals surface area contributed by atoms with E-state index in [1.807, 2.05) is 6.92 Å². The normalized spacial score (nSPS) is 13.6. The van der Waals surface area contributed by atoms with Gasteiger partial charge in [0, 0.05) is 49.0 Å². The monoisotopic (exact) mass is 533 g/mol. The maximum Gasteiger partial charge on any atom is 0.319 e. The van der Waals surface area contributed by atoms with Crippen molar-refractivity contribution in [2.45, 2.75) is 24.8 Å². The van der Waals surface area contributed by atoms with E-state index < -0.39 is 27.9 Å². The number of hydrogen-bond acceptors (Lipinski definition) is 9. The van der Waals surface area contributed by atoms with Crippen molar-refractivity contribution in [2.24, 2.45) is 5.73 Å². The highest BCUT2D eigenvalue weighted by atomic mass is 32.2. The van der Waals surface area contributed by atoms with Crippen molar-refractivity contribution < 1.29 is 22.8 Å². The van der Waals surface area contributed by atoms with Gasteiger partial charge in [0.25, 0.3) is 11.8 Å². The lowest BCUT2D eigenvalue weighted by molar-refractivity contribution is 0.0965. The highest BCUT2D eigenvalue weighted by Crippen LogP contribution is 2.37. The number of nitrogens with two attached hydrogens (primary N) is 1. The largest absolute Gasteiger partial charge is 0.351 e. The quantitative estimate of drug-likeness (QED) is 0.287. The number of thiophene rings is 1. The Morgan fingerprint density at radius 2 is 1.78 bits per heavy atom. The molecule has 0 aliphatic carbocycles. The van der Waals surface area contributed by atoms with E-state index in [0.29, 0.717) is 13.0 Å². The molecule has 0 spiro atoms. The number of carbonyl (C=O) groups excluding carboxylic acids is 3. The minimum atomic E-state index is -3.97. The molecule has 0 saturated carbocycles. The summed E-state index contributed by atoms with van der Waals surface area (Å²) in [6.45, 7) is 3.82. The molecule has 1 aliphatic heterocycles. The van der Waals surface area contributed by atoms with Gasteiger partial charge in [-0.25, -0.2) is 13.2 Å². The summed E-state index contributed by atoms with van der Waals surface area (Å²) in [5.74, 6) is -1.26. The number of fused-ring (bicyclic) bond motifs is 1. The second-order valence-electron chi connectivity index (χ2n) is 7.85. The fourth-order valence-corrected chi connectivity index (χ4v) is 6.41. The molecular formula is C22H27N7O5S2. The van der Waals surface area contributed by atoms with Gasteiger partial charge in [0.2, 0.25) is 10.0 Å². The van der Waals surface area contributed by atoms with Crippen molar-refractivity contribution in [1.82, 2.24) is 14.5 Å². The van der Waals surface area contributed by atoms with Gasteiger partial charge >= 0.3 is 6.03 Å². The van der Waals surface area contributed by atoms with Crippen LogP contribution in [-0.4, -0.2) is 74.1 Å². The predicted molar refractivity (Wildman–Crippen MR) is 137 cm³/mol. The molecule has 0 fully saturated rings. The molecule has 4 amide bonds. The Morgan fingerprint density at radius 1 is 1.14 bits per heavy atom. The van der Waals surface area contributed by atoms with Gasteiger partial charge in [-0.1, -0.05) is 6.92 Å². The summed E-state index contributed by atoms with van der Waals surface area (Å²) in [5, 5.41) is 19.5. The third kappa shape index (κ3) is 5.84. The minimum Gasteiger partial charge on any atom is -0.351 e. The van der Waals surface area contributed by atoms with E-state index in [2.05, 4.69) is 15.5 Å². The molecule has 0 saturated heterocycles. The molecule has 1 aromatic heterocycles. The molecule has 14 heteroatoms. The third-order valence-corrected chi connectivity index (χ3v) is 8.60. The Kier molecular flexibility index (Phi) is 8.68. The molecule has 0 radical (unpaired) electrons. The van der Waals surface area contributed by atoms with Crippen LogP contribution < -0.4 is 16.4 Å². The van der Waals surface area contributed by atoms with Gasteiger partial charge in [0.15, 0.2) is 0 Å². The van der Waals surface area contributed by atoms with Crippen molar-refractivity contribution >= 4 is 56.6 Å². The number of nitrogens with one attached hydrogen (secondary N) is 4. The van der Waals surface area contributed by atoms with Gasteiger partial charge in [0.05, 0.1) is 10.5 Å². The highest BCUT2D eigenvalue weighted by molar-refractivity contribution is 7.89. The van der Waals surface area contributed by atoms with Crippen LogP contribution in [-0.2, 0) is 23.0 Å². The van der Waals surface area contributed by atoms with Gasteiger partial charge in [0.1, 0.15) is 5.00 Å². The van der Waals surface area contributed by atoms with E-state index in [0.717, 1.165) is 40.3 Å². The highest BCUT2D eigenvalue weighted by Gasteiger charge is 2.29. The molecule has 1 aromatic carbocycles. The van der Waals surface area contributed by atoms with E-state index in [4.69, 9.17) is 16.6 Å². The molecule has 36 heavy (non-hydrogen) atoms. The zero-order chi connectivity index (χ0) is 26.5. The van der Waals surface area contributed by atoms with E-state index in [1.165, 1.54) is 35.6 Å². The van der Waals surface area contributed by atoms with Crippen LogP contribution in [0.3, 0.4) is 0 Å². The van der Waals surface area contributed by atoms with Crippen molar-refractivity contribution in [3.8, 4) is 0 Å². The zero-order valence-corrected chi connectivity index (χ0v) is 21.2. The average Bonchev–Trinajstić information content (AvgIpc) is 3.20. The first-order valence-electron chi connectivity index (χ1n) is 11.0. The Balaban J connectivity index is 1.88. The Labute approximate surface area is 212 Å². The number of carbonyl (C=O) groups is 3. The fourth-order valence-electron chi connectivity index (χ4n) is 3.81. The summed E-state index contributed by atoms with van der Waals surface area (Å²) in [6, 6.07) is 4.21. The van der Waals surface area contributed by atoms with Crippen LogP contribution in [0.5, 0.6) is 0 Å². The molecule has 192 valence electrons. The lowest BCUT2D eigenvalue weighted by Gasteiger charge is -2.25. The second-order valence-corrected chi connectivity index (χ2v) is 10.9. The molecule has 12 nitrogen and oxygen atoms in total. The number of likely N-dealkylation sites (N-methyl/N-ethyl adjacent to an activating group) is 1. The zero-order valence-electron chi connectivity index (χ0n) is 19.5. The van der Waals surface area contributed by atoms with Gasteiger partial charge in [-0.05, 0) is 42.8 Å². The Morgan fingerprint density at radius 3 is 2.33 bits per heavy atom. The SMILES string of the molecule is CCN1CCc2c(sc(NC(=O)c3ccc(S(=O)(=O)N(CC=N)CC=N)cc3)c2C(=O)NC(N)=O)C1. The predicted octanol–water partition coefficient (Wildman–Crippen LogP) is 1.48. The summed E-state index contributed by atoms with van der Waals surface area (Å²) < 4.78 is 26.5. The van der Waals surface area contributed by atoms with Gasteiger partial charge in [-0.15, -0.1) is 11.3 Å². The van der Waals surface area contributed by atoms with E-state index >= 15 is 0 Å². The van der Waals surface area contributed by atoms with E-state index in [9.17, 15) is 22.8 Å². The van der Waals surface area contributed by atoms with Crippen molar-refractivity contribution in [3.05, 3.63) is 45.8 Å². The Hall–Kier alpha value is -3.46. The summed E-state index contributed by atoms with van der Waals surface area (Å²) >= 11 is 1.25. The molecule has 6 N–H and O–H groups in total. The molecule has 1 aliphatic rings. The third-order valence-electron chi connectivity index (χ3n) is 5.62. The number of sulfonamides is 1. The molecule has 0 atom stereocenters. The van der Waals surface area contributed by atoms with Gasteiger partial charge in [-0.2, -0.15) is 4.31 Å². The Bertz CT molecular complexity index is 1280. The van der Waals surface area contributed by atoms with Gasteiger partial charge < -0.3 is 21.9 Å². The number of primary amides is 1. The van der Waals surface area contributed by atoms with Crippen molar-refractivity contribution in [3.63, 3.8) is 0 Å². The number of benzene rings is 1. The maximum atomic E-state index is 13.0. The summed E-state index contributed by atoms with van der Waals surface area (Å²) in [6.07, 6.45) is 2.43. The van der Waals surface area contributed by atoms with Crippen molar-refractivity contribution in [1.29, 1.82) is 10.8 Å². The number of urea groups is 1. The number of amides is 4. The van der Waals surface area contributed by atoms with Crippen molar-refractivity contribution in [2.75, 3.05) is 31.5 Å². The minimum absolute atomic E-state index is 0.0875. The number of hydrogen-bond donors (Lipinski definition) is 5. The molecule has 0 unspecified atom stereocenters. The smallest absolute Gasteiger partial charge is 0.319 e. The fraction of sp³-hybridized carbons (Fsp3) is 0.318. The van der Waals surface area contributed by atoms with Crippen LogP contribution in [0.4, 0.5) is 9.80 Å². The van der Waals surface area contributed by atoms with E-state index in [-0.39, 0.29) is 34.1 Å². The number of nitrogens with zero attached hydrogens (tertiary/aromatic N) is 2. The van der Waals surface area contributed by atoms with Crippen LogP contribution in [0.15, 0.2) is 29.2 Å². The first kappa shape index (κ1) is 27.1. The van der Waals surface area contributed by atoms with Crippen LogP contribution in [0.25, 0.3) is 0 Å². The first-order chi connectivity index (χ1) is 17.1. The molecule has 3 rings (SSSR count). The van der Waals surface area contributed by atoms with Crippen LogP contribution >= 0.6 is 11.3 Å². The summed E-state index contributed by atoms with van der Waals surface area (Å²) in [7, 11) is -3.97. The summed E-state index contributed by atoms with van der Waals surface area (Å²) in [5.41, 5.74) is 6.25. The maximum absolute atomic E-state index is 13.0. The number of imide groups is 1. The lowest BCUT2D eigenvalue weighted by atomic mass is 10.0. The first-order valence-corrected chi connectivity index (χ1v) is 13.2. The number of rotatable bonds is 10. The van der Waals surface area contributed by atoms with Crippen LogP contribution in [0.1, 0.15) is 38.1 Å². The van der Waals surface area contributed by atoms with E-state index in [1.54, 1.807) is 0 Å². The molecule has 0 bridgehead atoms. The number of anilines is 1. The average molecular weight is 534 g/mol. The lowest BCUT2D eigenvalue weighted by Crippen LogP contribution is -2.36. The van der Waals surface area contributed by atoms with Gasteiger partial charge in [-0.3, -0.25) is 19.8 Å². The standard InChI is InChI=1S/C22H27N7O5S2/c1-2-28-10-7-16-17(13-28)35-21(18(16)20(31)27-22(25)32)26-19(30)14-3-5-15(6-4-14)36(33,34)29(11-8-23)12-9-24/h3-6,8-9,23-24H,2,7,10-13H2,1H3,(H,26,30)(H3,25,27,31,32). The second kappa shape index (κ2) is 11.5. The topological polar surface area (TPSA) is 190 Å². The molecule has 2 aromatic rings. The van der Waals surface area contributed by atoms with Crippen LogP contribution in [0, 0.1) is 10.8 Å². The van der Waals surface area contributed by atoms with Crippen LogP contribution in [0.2, 0.25) is 0 Å². The molecule has 2 heterocycles.